The first kappa shape index (κ1) is 21.5. The van der Waals surface area contributed by atoms with Crippen LogP contribution < -0.4 is 0 Å². The Morgan fingerprint density at radius 3 is 2.33 bits per heavy atom. The highest BCUT2D eigenvalue weighted by molar-refractivity contribution is 5.03. The van der Waals surface area contributed by atoms with Crippen LogP contribution in [0.4, 0.5) is 0 Å². The molecule has 0 radical (unpaired) electrons. The first-order chi connectivity index (χ1) is 12.4. The third kappa shape index (κ3) is 3.94. The zero-order valence-electron chi connectivity index (χ0n) is 17.4. The predicted octanol–water partition coefficient (Wildman–Crippen LogP) is 1.97. The summed E-state index contributed by atoms with van der Waals surface area (Å²) in [7, 11) is 0. The Morgan fingerprint density at radius 1 is 1.00 bits per heavy atom. The smallest absolute Gasteiger partial charge is 0.187 e. The van der Waals surface area contributed by atoms with Gasteiger partial charge in [-0.2, -0.15) is 0 Å². The van der Waals surface area contributed by atoms with E-state index in [9.17, 15) is 20.4 Å². The molecule has 0 aromatic rings. The molecular formula is C21H38O6. The van der Waals surface area contributed by atoms with Crippen molar-refractivity contribution < 1.29 is 29.9 Å². The molecule has 1 aliphatic heterocycles. The molecule has 6 nitrogen and oxygen atoms in total. The molecule has 0 spiro atoms. The lowest BCUT2D eigenvalue weighted by Gasteiger charge is -2.56. The lowest BCUT2D eigenvalue weighted by Crippen LogP contribution is -2.60. The van der Waals surface area contributed by atoms with Gasteiger partial charge in [-0.05, 0) is 77.0 Å². The number of ether oxygens (including phenoxy) is 2. The summed E-state index contributed by atoms with van der Waals surface area (Å²) >= 11 is 0. The van der Waals surface area contributed by atoms with Crippen molar-refractivity contribution in [3.8, 4) is 0 Å². The fourth-order valence-corrected chi connectivity index (χ4v) is 5.83. The summed E-state index contributed by atoms with van der Waals surface area (Å²) < 4.78 is 11.8. The zero-order chi connectivity index (χ0) is 20.2. The molecule has 0 bridgehead atoms. The van der Waals surface area contributed by atoms with Crippen LogP contribution in [-0.4, -0.2) is 62.3 Å². The van der Waals surface area contributed by atoms with Gasteiger partial charge in [-0.3, -0.25) is 0 Å². The van der Waals surface area contributed by atoms with Gasteiger partial charge >= 0.3 is 0 Å². The van der Waals surface area contributed by atoms with Crippen molar-refractivity contribution in [3.63, 3.8) is 0 Å². The molecular weight excluding hydrogens is 348 g/mol. The van der Waals surface area contributed by atoms with E-state index < -0.39 is 41.9 Å². The molecule has 2 aliphatic carbocycles. The Hall–Kier alpha value is -0.240. The Kier molecular flexibility index (Phi) is 5.74. The molecule has 4 N–H and O–H groups in total. The summed E-state index contributed by atoms with van der Waals surface area (Å²) in [6, 6.07) is 0. The highest BCUT2D eigenvalue weighted by atomic mass is 16.7. The van der Waals surface area contributed by atoms with E-state index in [1.807, 2.05) is 20.8 Å². The van der Waals surface area contributed by atoms with Gasteiger partial charge in [0.2, 0.25) is 0 Å². The molecule has 1 heterocycles. The molecule has 1 saturated heterocycles. The molecule has 3 fully saturated rings. The largest absolute Gasteiger partial charge is 0.390 e. The Morgan fingerprint density at radius 2 is 1.67 bits per heavy atom. The monoisotopic (exact) mass is 386 g/mol. The second-order valence-electron chi connectivity index (χ2n) is 10.3. The maximum Gasteiger partial charge on any atom is 0.187 e. The minimum absolute atomic E-state index is 0.171. The molecule has 0 amide bonds. The molecule has 3 rings (SSSR count). The number of fused-ring (bicyclic) bond motifs is 1. The van der Waals surface area contributed by atoms with Gasteiger partial charge in [0.25, 0.3) is 0 Å². The van der Waals surface area contributed by atoms with E-state index >= 15 is 0 Å². The lowest BCUT2D eigenvalue weighted by atomic mass is 9.52. The molecule has 3 aliphatic rings. The maximum atomic E-state index is 11.0. The van der Waals surface area contributed by atoms with Gasteiger partial charge in [-0.1, -0.05) is 13.3 Å². The molecule has 0 aromatic carbocycles. The van der Waals surface area contributed by atoms with Crippen molar-refractivity contribution in [2.45, 2.75) is 115 Å². The SMILES string of the molecule is CC1OC(OC(C)(C)C2CC[C@@]3(C)CCC[C@@](C)(O)C3C2)C(O)C(O)C1O. The molecule has 27 heavy (non-hydrogen) atoms. The first-order valence-electron chi connectivity index (χ1n) is 10.5. The normalized spacial score (nSPS) is 51.7. The summed E-state index contributed by atoms with van der Waals surface area (Å²) in [6.07, 6.45) is 0.704. The quantitative estimate of drug-likeness (QED) is 0.592. The van der Waals surface area contributed by atoms with Gasteiger partial charge in [0.15, 0.2) is 6.29 Å². The van der Waals surface area contributed by atoms with Crippen LogP contribution in [0, 0.1) is 17.3 Å². The van der Waals surface area contributed by atoms with Crippen LogP contribution in [0.15, 0.2) is 0 Å². The summed E-state index contributed by atoms with van der Waals surface area (Å²) in [4.78, 5) is 0. The van der Waals surface area contributed by atoms with Crippen LogP contribution >= 0.6 is 0 Å². The van der Waals surface area contributed by atoms with Crippen molar-refractivity contribution >= 4 is 0 Å². The average molecular weight is 387 g/mol. The second-order valence-corrected chi connectivity index (χ2v) is 10.3. The minimum atomic E-state index is -1.29. The minimum Gasteiger partial charge on any atom is -0.390 e. The predicted molar refractivity (Wildman–Crippen MR) is 101 cm³/mol. The third-order valence-electron chi connectivity index (χ3n) is 7.82. The highest BCUT2D eigenvalue weighted by Gasteiger charge is 2.54. The van der Waals surface area contributed by atoms with Gasteiger partial charge in [0.05, 0.1) is 17.3 Å². The van der Waals surface area contributed by atoms with E-state index in [-0.39, 0.29) is 17.3 Å². The molecule has 7 unspecified atom stereocenters. The van der Waals surface area contributed by atoms with E-state index in [2.05, 4.69) is 6.92 Å². The molecule has 2 saturated carbocycles. The summed E-state index contributed by atoms with van der Waals surface area (Å²) in [6.45, 7) is 9.93. The first-order valence-corrected chi connectivity index (χ1v) is 10.5. The fourth-order valence-electron chi connectivity index (χ4n) is 5.83. The molecule has 158 valence electrons. The van der Waals surface area contributed by atoms with E-state index in [0.717, 1.165) is 38.5 Å². The maximum absolute atomic E-state index is 11.0. The molecule has 0 aromatic heterocycles. The fraction of sp³-hybridized carbons (Fsp3) is 1.00. The van der Waals surface area contributed by atoms with Gasteiger partial charge < -0.3 is 29.9 Å². The standard InChI is InChI=1S/C21H38O6/c1-12-15(22)16(23)17(24)18(26-12)27-19(2,3)13-7-10-20(4)8-6-9-21(5,25)14(20)11-13/h12-18,22-25H,6-11H2,1-5H3/t12?,13?,14?,15?,16?,17?,18?,20-,21-/m1/s1. The van der Waals surface area contributed by atoms with Crippen LogP contribution in [-0.2, 0) is 9.47 Å². The molecule has 6 heteroatoms. The number of aliphatic hydroxyl groups is 4. The van der Waals surface area contributed by atoms with Gasteiger partial charge in [-0.25, -0.2) is 0 Å². The van der Waals surface area contributed by atoms with Gasteiger partial charge in [-0.15, -0.1) is 0 Å². The second kappa shape index (κ2) is 7.22. The molecule has 9 atom stereocenters. The topological polar surface area (TPSA) is 99.4 Å². The van der Waals surface area contributed by atoms with Crippen molar-refractivity contribution in [2.75, 3.05) is 0 Å². The highest BCUT2D eigenvalue weighted by Crippen LogP contribution is 2.57. The lowest BCUT2D eigenvalue weighted by molar-refractivity contribution is -0.325. The number of aliphatic hydroxyl groups excluding tert-OH is 3. The Bertz CT molecular complexity index is 535. The summed E-state index contributed by atoms with van der Waals surface area (Å²) in [5.41, 5.74) is -1.07. The Balaban J connectivity index is 1.72. The van der Waals surface area contributed by atoms with Crippen molar-refractivity contribution in [2.24, 2.45) is 17.3 Å². The van der Waals surface area contributed by atoms with Crippen molar-refractivity contribution in [1.29, 1.82) is 0 Å². The van der Waals surface area contributed by atoms with Crippen molar-refractivity contribution in [3.05, 3.63) is 0 Å². The van der Waals surface area contributed by atoms with Crippen LogP contribution in [0.25, 0.3) is 0 Å². The summed E-state index contributed by atoms with van der Waals surface area (Å²) in [5, 5.41) is 41.2. The van der Waals surface area contributed by atoms with Gasteiger partial charge in [0, 0.05) is 0 Å². The van der Waals surface area contributed by atoms with Crippen LogP contribution in [0.3, 0.4) is 0 Å². The average Bonchev–Trinajstić information content (AvgIpc) is 2.56. The van der Waals surface area contributed by atoms with E-state index in [0.29, 0.717) is 0 Å². The Labute approximate surface area is 162 Å². The number of hydrogen-bond acceptors (Lipinski definition) is 6. The van der Waals surface area contributed by atoms with Crippen molar-refractivity contribution in [1.82, 2.24) is 0 Å². The number of rotatable bonds is 3. The van der Waals surface area contributed by atoms with E-state index in [1.54, 1.807) is 6.92 Å². The van der Waals surface area contributed by atoms with Gasteiger partial charge in [0.1, 0.15) is 18.3 Å². The third-order valence-corrected chi connectivity index (χ3v) is 7.82. The summed E-state index contributed by atoms with van der Waals surface area (Å²) in [5.74, 6) is 0.444. The van der Waals surface area contributed by atoms with E-state index in [4.69, 9.17) is 9.47 Å². The van der Waals surface area contributed by atoms with Crippen LogP contribution in [0.1, 0.15) is 73.1 Å². The number of hydrogen-bond donors (Lipinski definition) is 4. The van der Waals surface area contributed by atoms with Crippen LogP contribution in [0.5, 0.6) is 0 Å². The zero-order valence-corrected chi connectivity index (χ0v) is 17.4. The van der Waals surface area contributed by atoms with Crippen LogP contribution in [0.2, 0.25) is 0 Å². The van der Waals surface area contributed by atoms with E-state index in [1.165, 1.54) is 0 Å².